The maximum absolute atomic E-state index is 13.1. The van der Waals surface area contributed by atoms with Crippen LogP contribution in [0.5, 0.6) is 0 Å². The van der Waals surface area contributed by atoms with E-state index in [9.17, 15) is 4.39 Å². The second-order valence-corrected chi connectivity index (χ2v) is 5.15. The molecule has 0 saturated carbocycles. The molecule has 0 fully saturated rings. The van der Waals surface area contributed by atoms with Gasteiger partial charge in [-0.2, -0.15) is 0 Å². The molecule has 1 aromatic heterocycles. The van der Waals surface area contributed by atoms with Crippen molar-refractivity contribution in [2.45, 2.75) is 40.0 Å². The van der Waals surface area contributed by atoms with Gasteiger partial charge in [0.05, 0.1) is 5.69 Å². The Kier molecular flexibility index (Phi) is 5.26. The van der Waals surface area contributed by atoms with Gasteiger partial charge in [-0.25, -0.2) is 14.4 Å². The van der Waals surface area contributed by atoms with Crippen LogP contribution in [0.3, 0.4) is 0 Å². The van der Waals surface area contributed by atoms with Crippen LogP contribution >= 0.6 is 0 Å². The van der Waals surface area contributed by atoms with Crippen molar-refractivity contribution >= 4 is 5.82 Å². The van der Waals surface area contributed by atoms with Crippen LogP contribution in [0.4, 0.5) is 10.2 Å². The molecule has 1 N–H and O–H groups in total. The summed E-state index contributed by atoms with van der Waals surface area (Å²) in [5, 5.41) is 3.36. The Morgan fingerprint density at radius 3 is 2.38 bits per heavy atom. The molecule has 0 spiro atoms. The molecular formula is C17H22FN3. The number of hydrogen-bond donors (Lipinski definition) is 1. The molecule has 0 aliphatic heterocycles. The lowest BCUT2D eigenvalue weighted by molar-refractivity contribution is 0.628. The second kappa shape index (κ2) is 7.16. The fourth-order valence-electron chi connectivity index (χ4n) is 2.20. The summed E-state index contributed by atoms with van der Waals surface area (Å²) in [5.74, 6) is 1.49. The first-order chi connectivity index (χ1) is 10.2. The number of rotatable bonds is 6. The van der Waals surface area contributed by atoms with Crippen LogP contribution in [0.25, 0.3) is 11.3 Å². The maximum atomic E-state index is 13.1. The van der Waals surface area contributed by atoms with Gasteiger partial charge in [0.2, 0.25) is 0 Å². The van der Waals surface area contributed by atoms with Gasteiger partial charge in [0.25, 0.3) is 0 Å². The third-order valence-electron chi connectivity index (χ3n) is 3.33. The fraction of sp³-hybridized carbons (Fsp3) is 0.412. The van der Waals surface area contributed by atoms with Crippen LogP contribution in [0, 0.1) is 12.7 Å². The Hall–Kier alpha value is -1.97. The molecule has 1 heterocycles. The summed E-state index contributed by atoms with van der Waals surface area (Å²) in [5.41, 5.74) is 2.81. The largest absolute Gasteiger partial charge is 0.370 e. The standard InChI is InChI=1S/C17H22FN3/c1-4-6-15-20-16(13-7-9-14(18)10-8-13)12(3)17(21-15)19-11-5-2/h7-10H,4-6,11H2,1-3H3,(H,19,20,21). The molecule has 1 aromatic carbocycles. The van der Waals surface area contributed by atoms with Crippen molar-refractivity contribution in [2.75, 3.05) is 11.9 Å². The van der Waals surface area contributed by atoms with Crippen LogP contribution < -0.4 is 5.32 Å². The number of aromatic nitrogens is 2. The Morgan fingerprint density at radius 1 is 1.05 bits per heavy atom. The molecule has 21 heavy (non-hydrogen) atoms. The number of benzene rings is 1. The lowest BCUT2D eigenvalue weighted by atomic mass is 10.1. The quantitative estimate of drug-likeness (QED) is 0.857. The maximum Gasteiger partial charge on any atom is 0.133 e. The van der Waals surface area contributed by atoms with Crippen LogP contribution in [-0.2, 0) is 6.42 Å². The van der Waals surface area contributed by atoms with E-state index < -0.39 is 0 Å². The fourth-order valence-corrected chi connectivity index (χ4v) is 2.20. The van der Waals surface area contributed by atoms with E-state index >= 15 is 0 Å². The molecule has 0 aliphatic rings. The Balaban J connectivity index is 2.46. The van der Waals surface area contributed by atoms with E-state index in [1.807, 2.05) is 6.92 Å². The zero-order chi connectivity index (χ0) is 15.2. The average Bonchev–Trinajstić information content (AvgIpc) is 2.49. The van der Waals surface area contributed by atoms with Gasteiger partial charge in [-0.3, -0.25) is 0 Å². The summed E-state index contributed by atoms with van der Waals surface area (Å²) in [6, 6.07) is 6.47. The number of anilines is 1. The van der Waals surface area contributed by atoms with Crippen molar-refractivity contribution < 1.29 is 4.39 Å². The van der Waals surface area contributed by atoms with Gasteiger partial charge in [-0.15, -0.1) is 0 Å². The Bertz CT molecular complexity index is 594. The van der Waals surface area contributed by atoms with Crippen LogP contribution in [0.1, 0.15) is 38.1 Å². The molecule has 3 nitrogen and oxygen atoms in total. The summed E-state index contributed by atoms with van der Waals surface area (Å²) >= 11 is 0. The topological polar surface area (TPSA) is 37.8 Å². The lowest BCUT2D eigenvalue weighted by Crippen LogP contribution is -2.09. The second-order valence-electron chi connectivity index (χ2n) is 5.15. The van der Waals surface area contributed by atoms with Crippen molar-refractivity contribution in [1.29, 1.82) is 0 Å². The summed E-state index contributed by atoms with van der Waals surface area (Å²) in [7, 11) is 0. The number of hydrogen-bond acceptors (Lipinski definition) is 3. The Labute approximate surface area is 125 Å². The third kappa shape index (κ3) is 3.78. The van der Waals surface area contributed by atoms with Crippen LogP contribution in [0.2, 0.25) is 0 Å². The molecule has 0 radical (unpaired) electrons. The SMILES string of the molecule is CCCNc1nc(CCC)nc(-c2ccc(F)cc2)c1C. The molecule has 2 aromatic rings. The molecular weight excluding hydrogens is 265 g/mol. The minimum absolute atomic E-state index is 0.233. The van der Waals surface area contributed by atoms with E-state index in [0.29, 0.717) is 0 Å². The van der Waals surface area contributed by atoms with Gasteiger partial charge in [-0.05, 0) is 44.0 Å². The van der Waals surface area contributed by atoms with Gasteiger partial charge in [0.1, 0.15) is 17.5 Å². The van der Waals surface area contributed by atoms with Crippen molar-refractivity contribution in [3.63, 3.8) is 0 Å². The highest BCUT2D eigenvalue weighted by atomic mass is 19.1. The first kappa shape index (κ1) is 15.4. The van der Waals surface area contributed by atoms with E-state index in [4.69, 9.17) is 0 Å². The third-order valence-corrected chi connectivity index (χ3v) is 3.33. The number of aryl methyl sites for hydroxylation is 1. The Morgan fingerprint density at radius 2 is 1.76 bits per heavy atom. The monoisotopic (exact) mass is 287 g/mol. The molecule has 0 atom stereocenters. The molecule has 0 bridgehead atoms. The van der Waals surface area contributed by atoms with Gasteiger partial charge < -0.3 is 5.32 Å². The normalized spacial score (nSPS) is 10.7. The zero-order valence-corrected chi connectivity index (χ0v) is 12.9. The van der Waals surface area contributed by atoms with Crippen molar-refractivity contribution in [3.05, 3.63) is 41.5 Å². The van der Waals surface area contributed by atoms with Crippen molar-refractivity contribution in [3.8, 4) is 11.3 Å². The zero-order valence-electron chi connectivity index (χ0n) is 12.9. The molecule has 0 unspecified atom stereocenters. The first-order valence-electron chi connectivity index (χ1n) is 7.53. The van der Waals surface area contributed by atoms with Gasteiger partial charge in [0.15, 0.2) is 0 Å². The number of nitrogens with zero attached hydrogens (tertiary/aromatic N) is 2. The van der Waals surface area contributed by atoms with Gasteiger partial charge in [-0.1, -0.05) is 13.8 Å². The predicted molar refractivity (Wildman–Crippen MR) is 84.9 cm³/mol. The molecule has 112 valence electrons. The van der Waals surface area contributed by atoms with E-state index in [0.717, 1.165) is 54.3 Å². The van der Waals surface area contributed by atoms with E-state index in [-0.39, 0.29) is 5.82 Å². The minimum atomic E-state index is -0.233. The number of halogens is 1. The van der Waals surface area contributed by atoms with E-state index in [2.05, 4.69) is 29.1 Å². The number of nitrogens with one attached hydrogen (secondary N) is 1. The summed E-state index contributed by atoms with van der Waals surface area (Å²) in [6.07, 6.45) is 2.88. The van der Waals surface area contributed by atoms with Gasteiger partial charge in [0, 0.05) is 24.1 Å². The molecule has 2 rings (SSSR count). The summed E-state index contributed by atoms with van der Waals surface area (Å²) < 4.78 is 13.1. The molecule has 0 saturated heterocycles. The van der Waals surface area contributed by atoms with Crippen LogP contribution in [0.15, 0.2) is 24.3 Å². The average molecular weight is 287 g/mol. The van der Waals surface area contributed by atoms with E-state index in [1.165, 1.54) is 12.1 Å². The van der Waals surface area contributed by atoms with E-state index in [1.54, 1.807) is 12.1 Å². The first-order valence-corrected chi connectivity index (χ1v) is 7.53. The highest BCUT2D eigenvalue weighted by Gasteiger charge is 2.12. The minimum Gasteiger partial charge on any atom is -0.370 e. The molecule has 4 heteroatoms. The molecule has 0 aliphatic carbocycles. The summed E-state index contributed by atoms with van der Waals surface area (Å²) in [6.45, 7) is 7.12. The van der Waals surface area contributed by atoms with Crippen molar-refractivity contribution in [2.24, 2.45) is 0 Å². The molecule has 0 amide bonds. The highest BCUT2D eigenvalue weighted by molar-refractivity contribution is 5.68. The lowest BCUT2D eigenvalue weighted by Gasteiger charge is -2.14. The van der Waals surface area contributed by atoms with Crippen molar-refractivity contribution in [1.82, 2.24) is 9.97 Å². The summed E-state index contributed by atoms with van der Waals surface area (Å²) in [4.78, 5) is 9.26. The highest BCUT2D eigenvalue weighted by Crippen LogP contribution is 2.26. The van der Waals surface area contributed by atoms with Gasteiger partial charge >= 0.3 is 0 Å². The predicted octanol–water partition coefficient (Wildman–Crippen LogP) is 4.37. The smallest absolute Gasteiger partial charge is 0.133 e. The van der Waals surface area contributed by atoms with Crippen LogP contribution in [-0.4, -0.2) is 16.5 Å².